The van der Waals surface area contributed by atoms with Gasteiger partial charge in [0.25, 0.3) is 0 Å². The van der Waals surface area contributed by atoms with E-state index in [2.05, 4.69) is 0 Å². The molecule has 4 heteroatoms. The van der Waals surface area contributed by atoms with E-state index in [1.54, 1.807) is 11.8 Å². The van der Waals surface area contributed by atoms with E-state index in [-0.39, 0.29) is 17.9 Å². The van der Waals surface area contributed by atoms with E-state index in [0.29, 0.717) is 25.9 Å². The van der Waals surface area contributed by atoms with Gasteiger partial charge in [-0.1, -0.05) is 6.92 Å². The predicted octanol–water partition coefficient (Wildman–Crippen LogP) is 0.395. The van der Waals surface area contributed by atoms with E-state index >= 15 is 0 Å². The van der Waals surface area contributed by atoms with Gasteiger partial charge in [0.2, 0.25) is 5.91 Å². The van der Waals surface area contributed by atoms with E-state index in [1.165, 1.54) is 0 Å². The van der Waals surface area contributed by atoms with E-state index in [4.69, 9.17) is 4.74 Å². The molecule has 1 N–H and O–H groups in total. The molecule has 4 nitrogen and oxygen atoms in total. The van der Waals surface area contributed by atoms with Crippen LogP contribution in [0.15, 0.2) is 0 Å². The molecule has 2 rings (SSSR count). The quantitative estimate of drug-likeness (QED) is 0.675. The summed E-state index contributed by atoms with van der Waals surface area (Å²) in [5.74, 6) is 0.291. The molecule has 2 saturated heterocycles. The van der Waals surface area contributed by atoms with Crippen molar-refractivity contribution in [3.8, 4) is 0 Å². The summed E-state index contributed by atoms with van der Waals surface area (Å²) in [4.78, 5) is 12.9. The first kappa shape index (κ1) is 10.9. The first-order valence-corrected chi connectivity index (χ1v) is 5.62. The lowest BCUT2D eigenvalue weighted by molar-refractivity contribution is -0.135. The Hall–Kier alpha value is -0.610. The number of amides is 1. The molecule has 0 aliphatic carbocycles. The Morgan fingerprint density at radius 1 is 1.53 bits per heavy atom. The minimum Gasteiger partial charge on any atom is -0.389 e. The van der Waals surface area contributed by atoms with Crippen molar-refractivity contribution in [1.29, 1.82) is 0 Å². The number of epoxide rings is 1. The molecule has 1 amide bonds. The van der Waals surface area contributed by atoms with Gasteiger partial charge >= 0.3 is 0 Å². The molecule has 2 atom stereocenters. The summed E-state index contributed by atoms with van der Waals surface area (Å²) in [5, 5.41) is 10.4. The fourth-order valence-corrected chi connectivity index (χ4v) is 2.35. The number of carbonyl (C=O) groups excluding carboxylic acids is 1. The molecule has 2 fully saturated rings. The second kappa shape index (κ2) is 3.76. The molecule has 0 bridgehead atoms. The van der Waals surface area contributed by atoms with Gasteiger partial charge in [-0.2, -0.15) is 0 Å². The lowest BCUT2D eigenvalue weighted by Gasteiger charge is -2.41. The maximum atomic E-state index is 11.1. The number of piperidine rings is 1. The Morgan fingerprint density at radius 3 is 2.47 bits per heavy atom. The van der Waals surface area contributed by atoms with Crippen molar-refractivity contribution >= 4 is 5.91 Å². The van der Waals surface area contributed by atoms with Crippen molar-refractivity contribution in [2.24, 2.45) is 5.92 Å². The van der Waals surface area contributed by atoms with Crippen LogP contribution in [0.25, 0.3) is 0 Å². The van der Waals surface area contributed by atoms with Crippen LogP contribution >= 0.6 is 0 Å². The molecule has 0 aromatic rings. The monoisotopic (exact) mass is 213 g/mol. The van der Waals surface area contributed by atoms with E-state index in [9.17, 15) is 9.90 Å². The molecule has 15 heavy (non-hydrogen) atoms. The van der Waals surface area contributed by atoms with Gasteiger partial charge in [0.15, 0.2) is 0 Å². The minimum atomic E-state index is -0.632. The van der Waals surface area contributed by atoms with Gasteiger partial charge < -0.3 is 14.7 Å². The lowest BCUT2D eigenvalue weighted by atomic mass is 9.79. The highest BCUT2D eigenvalue weighted by atomic mass is 16.6. The van der Waals surface area contributed by atoms with Gasteiger partial charge in [-0.25, -0.2) is 0 Å². The van der Waals surface area contributed by atoms with Gasteiger partial charge in [-0.15, -0.1) is 0 Å². The second-order valence-corrected chi connectivity index (χ2v) is 4.77. The lowest BCUT2D eigenvalue weighted by Crippen LogP contribution is -2.50. The molecular formula is C11H19NO3. The van der Waals surface area contributed by atoms with Crippen molar-refractivity contribution in [3.05, 3.63) is 0 Å². The standard InChI is InChI=1S/C11H19NO3/c1-8(10-7-15-10)11(14)3-5-12(6-4-11)9(2)13/h8,10,14H,3-7H2,1-2H3. The zero-order chi connectivity index (χ0) is 11.1. The molecule has 0 aromatic carbocycles. The molecule has 2 heterocycles. The van der Waals surface area contributed by atoms with Crippen LogP contribution in [0, 0.1) is 5.92 Å². The van der Waals surface area contributed by atoms with E-state index < -0.39 is 5.60 Å². The Balaban J connectivity index is 1.92. The van der Waals surface area contributed by atoms with Crippen LogP contribution in [0.5, 0.6) is 0 Å². The smallest absolute Gasteiger partial charge is 0.219 e. The molecule has 0 radical (unpaired) electrons. The minimum absolute atomic E-state index is 0.104. The van der Waals surface area contributed by atoms with Crippen LogP contribution < -0.4 is 0 Å². The first-order valence-electron chi connectivity index (χ1n) is 5.62. The zero-order valence-electron chi connectivity index (χ0n) is 9.40. The largest absolute Gasteiger partial charge is 0.389 e. The third-order valence-corrected chi connectivity index (χ3v) is 3.84. The van der Waals surface area contributed by atoms with Crippen molar-refractivity contribution in [2.45, 2.75) is 38.4 Å². The summed E-state index contributed by atoms with van der Waals surface area (Å²) in [5.41, 5.74) is -0.632. The maximum absolute atomic E-state index is 11.1. The number of likely N-dealkylation sites (tertiary alicyclic amines) is 1. The molecule has 0 saturated carbocycles. The van der Waals surface area contributed by atoms with Crippen molar-refractivity contribution in [2.75, 3.05) is 19.7 Å². The average Bonchev–Trinajstić information content (AvgIpc) is 3.00. The number of hydrogen-bond donors (Lipinski definition) is 1. The van der Waals surface area contributed by atoms with Crippen LogP contribution in [0.1, 0.15) is 26.7 Å². The fourth-order valence-electron chi connectivity index (χ4n) is 2.35. The highest BCUT2D eigenvalue weighted by molar-refractivity contribution is 5.73. The Labute approximate surface area is 90.2 Å². The first-order chi connectivity index (χ1) is 7.03. The summed E-state index contributed by atoms with van der Waals surface area (Å²) in [6.07, 6.45) is 1.58. The fraction of sp³-hybridized carbons (Fsp3) is 0.909. The number of carbonyl (C=O) groups is 1. The van der Waals surface area contributed by atoms with Gasteiger partial charge in [-0.3, -0.25) is 4.79 Å². The van der Waals surface area contributed by atoms with Gasteiger partial charge in [0, 0.05) is 25.9 Å². The number of aliphatic hydroxyl groups is 1. The van der Waals surface area contributed by atoms with Crippen LogP contribution in [-0.4, -0.2) is 47.3 Å². The van der Waals surface area contributed by atoms with Gasteiger partial charge in [-0.05, 0) is 12.8 Å². The average molecular weight is 213 g/mol. The molecule has 0 aromatic heterocycles. The van der Waals surface area contributed by atoms with Crippen molar-refractivity contribution < 1.29 is 14.6 Å². The van der Waals surface area contributed by atoms with E-state index in [1.807, 2.05) is 6.92 Å². The van der Waals surface area contributed by atoms with Crippen LogP contribution in [-0.2, 0) is 9.53 Å². The van der Waals surface area contributed by atoms with Crippen molar-refractivity contribution in [1.82, 2.24) is 4.90 Å². The third kappa shape index (κ3) is 2.16. The molecule has 2 aliphatic rings. The normalized spacial score (nSPS) is 31.1. The van der Waals surface area contributed by atoms with Crippen LogP contribution in [0.2, 0.25) is 0 Å². The van der Waals surface area contributed by atoms with E-state index in [0.717, 1.165) is 6.61 Å². The predicted molar refractivity (Wildman–Crippen MR) is 55.3 cm³/mol. The Kier molecular flexibility index (Phi) is 2.73. The molecule has 0 spiro atoms. The molecule has 86 valence electrons. The summed E-state index contributed by atoms with van der Waals surface area (Å²) in [6.45, 7) is 5.74. The van der Waals surface area contributed by atoms with Gasteiger partial charge in [0.1, 0.15) is 0 Å². The topological polar surface area (TPSA) is 53.1 Å². The highest BCUT2D eigenvalue weighted by Crippen LogP contribution is 2.36. The second-order valence-electron chi connectivity index (χ2n) is 4.77. The highest BCUT2D eigenvalue weighted by Gasteiger charge is 2.45. The number of nitrogens with zero attached hydrogens (tertiary/aromatic N) is 1. The zero-order valence-corrected chi connectivity index (χ0v) is 9.40. The molecule has 2 unspecified atom stereocenters. The van der Waals surface area contributed by atoms with Gasteiger partial charge in [0.05, 0.1) is 18.3 Å². The maximum Gasteiger partial charge on any atom is 0.219 e. The Morgan fingerprint density at radius 2 is 2.07 bits per heavy atom. The summed E-state index contributed by atoms with van der Waals surface area (Å²) in [6, 6.07) is 0. The number of rotatable bonds is 2. The SMILES string of the molecule is CC(=O)N1CCC(O)(C(C)C2CO2)CC1. The van der Waals surface area contributed by atoms with Crippen LogP contribution in [0.4, 0.5) is 0 Å². The molecule has 2 aliphatic heterocycles. The van der Waals surface area contributed by atoms with Crippen LogP contribution in [0.3, 0.4) is 0 Å². The number of hydrogen-bond acceptors (Lipinski definition) is 3. The molecular weight excluding hydrogens is 194 g/mol. The number of ether oxygens (including phenoxy) is 1. The third-order valence-electron chi connectivity index (χ3n) is 3.84. The summed E-state index contributed by atoms with van der Waals surface area (Å²) < 4.78 is 5.22. The summed E-state index contributed by atoms with van der Waals surface area (Å²) >= 11 is 0. The Bertz CT molecular complexity index is 255. The summed E-state index contributed by atoms with van der Waals surface area (Å²) in [7, 11) is 0. The van der Waals surface area contributed by atoms with Crippen molar-refractivity contribution in [3.63, 3.8) is 0 Å².